The van der Waals surface area contributed by atoms with Gasteiger partial charge in [-0.1, -0.05) is 31.9 Å². The maximum atomic E-state index is 12.3. The molecule has 0 spiro atoms. The highest BCUT2D eigenvalue weighted by Gasteiger charge is 2.22. The maximum absolute atomic E-state index is 12.3. The van der Waals surface area contributed by atoms with Crippen molar-refractivity contribution in [1.29, 1.82) is 0 Å². The predicted octanol–water partition coefficient (Wildman–Crippen LogP) is 3.90. The quantitative estimate of drug-likeness (QED) is 0.583. The highest BCUT2D eigenvalue weighted by molar-refractivity contribution is 7.92. The number of hydrogen-bond acceptors (Lipinski definition) is 3. The monoisotopic (exact) mass is 300 g/mol. The fourth-order valence-corrected chi connectivity index (χ4v) is 3.96. The largest absolute Gasteiger partial charge is 0.223 e. The highest BCUT2D eigenvalue weighted by atomic mass is 32.2. The second kappa shape index (κ2) is 7.95. The number of aryl methyl sites for hydroxylation is 1. The molecule has 0 aliphatic carbocycles. The minimum absolute atomic E-state index is 0.365. The third kappa shape index (κ3) is 4.84. The zero-order valence-corrected chi connectivity index (χ0v) is 13.5. The molecule has 0 aromatic heterocycles. The topological polar surface area (TPSA) is 34.1 Å². The van der Waals surface area contributed by atoms with Gasteiger partial charge in [-0.15, -0.1) is 0 Å². The summed E-state index contributed by atoms with van der Waals surface area (Å²) in [6.07, 6.45) is 5.20. The maximum Gasteiger partial charge on any atom is 0.180 e. The first kappa shape index (κ1) is 16.6. The lowest BCUT2D eigenvalue weighted by molar-refractivity contribution is 0.581. The Morgan fingerprint density at radius 2 is 1.79 bits per heavy atom. The molecule has 4 heteroatoms. The van der Waals surface area contributed by atoms with Crippen LogP contribution in [0.25, 0.3) is 0 Å². The van der Waals surface area contributed by atoms with E-state index >= 15 is 0 Å². The Bertz CT molecular complexity index is 463. The van der Waals surface area contributed by atoms with Crippen molar-refractivity contribution in [2.45, 2.75) is 56.1 Å². The molecular formula is C15H24O2S2. The number of thiol groups is 1. The van der Waals surface area contributed by atoms with Crippen LogP contribution in [-0.4, -0.2) is 19.4 Å². The highest BCUT2D eigenvalue weighted by Crippen LogP contribution is 2.19. The molecule has 0 amide bonds. The summed E-state index contributed by atoms with van der Waals surface area (Å²) in [5, 5.41) is -0.365. The van der Waals surface area contributed by atoms with Crippen LogP contribution in [0, 0.1) is 0 Å². The van der Waals surface area contributed by atoms with Crippen molar-refractivity contribution in [3.8, 4) is 0 Å². The Labute approximate surface area is 122 Å². The van der Waals surface area contributed by atoms with Crippen molar-refractivity contribution in [2.75, 3.05) is 5.75 Å². The van der Waals surface area contributed by atoms with Gasteiger partial charge in [-0.25, -0.2) is 8.42 Å². The molecule has 1 aromatic rings. The summed E-state index contributed by atoms with van der Waals surface area (Å²) in [7, 11) is -3.19. The lowest BCUT2D eigenvalue weighted by atomic mass is 10.1. The van der Waals surface area contributed by atoms with Crippen molar-refractivity contribution in [1.82, 2.24) is 0 Å². The van der Waals surface area contributed by atoms with Gasteiger partial charge in [0.25, 0.3) is 0 Å². The zero-order valence-electron chi connectivity index (χ0n) is 11.8. The summed E-state index contributed by atoms with van der Waals surface area (Å²) in [4.78, 5) is 0.432. The van der Waals surface area contributed by atoms with Gasteiger partial charge in [-0.2, -0.15) is 12.6 Å². The minimum Gasteiger partial charge on any atom is -0.223 e. The first-order valence-electron chi connectivity index (χ1n) is 6.96. The summed E-state index contributed by atoms with van der Waals surface area (Å²) in [5.74, 6) is 0.593. The molecule has 0 N–H and O–H groups in total. The predicted molar refractivity (Wildman–Crippen MR) is 84.8 cm³/mol. The van der Waals surface area contributed by atoms with Crippen LogP contribution in [0.15, 0.2) is 29.2 Å². The SMILES string of the molecule is CCCCCc1ccc(S(=O)(=O)C(C)CCS)cc1. The van der Waals surface area contributed by atoms with Gasteiger partial charge in [-0.3, -0.25) is 0 Å². The van der Waals surface area contributed by atoms with Gasteiger partial charge in [-0.05, 0) is 49.6 Å². The van der Waals surface area contributed by atoms with Crippen molar-refractivity contribution in [3.63, 3.8) is 0 Å². The van der Waals surface area contributed by atoms with Gasteiger partial charge in [0.05, 0.1) is 10.1 Å². The van der Waals surface area contributed by atoms with E-state index in [9.17, 15) is 8.42 Å². The average Bonchev–Trinajstić information content (AvgIpc) is 2.40. The second-order valence-electron chi connectivity index (χ2n) is 4.97. The summed E-state index contributed by atoms with van der Waals surface area (Å²) < 4.78 is 24.5. The molecule has 0 bridgehead atoms. The van der Waals surface area contributed by atoms with Crippen LogP contribution in [0.2, 0.25) is 0 Å². The molecule has 2 nitrogen and oxygen atoms in total. The molecule has 0 heterocycles. The fraction of sp³-hybridized carbons (Fsp3) is 0.600. The van der Waals surface area contributed by atoms with E-state index in [1.807, 2.05) is 12.1 Å². The number of unbranched alkanes of at least 4 members (excludes halogenated alkanes) is 2. The van der Waals surface area contributed by atoms with Crippen LogP contribution in [0.1, 0.15) is 45.1 Å². The van der Waals surface area contributed by atoms with Gasteiger partial charge in [0.2, 0.25) is 0 Å². The lowest BCUT2D eigenvalue weighted by Gasteiger charge is -2.12. The van der Waals surface area contributed by atoms with E-state index in [0.29, 0.717) is 17.1 Å². The summed E-state index contributed by atoms with van der Waals surface area (Å²) in [5.41, 5.74) is 1.22. The molecule has 0 aliphatic rings. The van der Waals surface area contributed by atoms with Crippen LogP contribution < -0.4 is 0 Å². The van der Waals surface area contributed by atoms with E-state index in [1.165, 1.54) is 24.8 Å². The van der Waals surface area contributed by atoms with Crippen molar-refractivity contribution in [3.05, 3.63) is 29.8 Å². The third-order valence-corrected chi connectivity index (χ3v) is 5.87. The number of hydrogen-bond donors (Lipinski definition) is 1. The Balaban J connectivity index is 2.75. The fourth-order valence-electron chi connectivity index (χ4n) is 1.99. The standard InChI is InChI=1S/C15H24O2S2/c1-3-4-5-6-14-7-9-15(10-8-14)19(16,17)13(2)11-12-18/h7-10,13,18H,3-6,11-12H2,1-2H3. The van der Waals surface area contributed by atoms with E-state index in [1.54, 1.807) is 19.1 Å². The molecular weight excluding hydrogens is 276 g/mol. The first-order valence-corrected chi connectivity index (χ1v) is 9.14. The molecule has 1 rings (SSSR count). The minimum atomic E-state index is -3.19. The van der Waals surface area contributed by atoms with Gasteiger partial charge in [0.15, 0.2) is 9.84 Å². The number of benzene rings is 1. The normalized spacial score (nSPS) is 13.4. The lowest BCUT2D eigenvalue weighted by Crippen LogP contribution is -2.18. The van der Waals surface area contributed by atoms with Crippen LogP contribution >= 0.6 is 12.6 Å². The third-order valence-electron chi connectivity index (χ3n) is 3.39. The summed E-state index contributed by atoms with van der Waals surface area (Å²) >= 11 is 4.10. The number of sulfone groups is 1. The average molecular weight is 300 g/mol. The van der Waals surface area contributed by atoms with Crippen LogP contribution in [0.4, 0.5) is 0 Å². The molecule has 0 aliphatic heterocycles. The van der Waals surface area contributed by atoms with Gasteiger partial charge < -0.3 is 0 Å². The van der Waals surface area contributed by atoms with Crippen LogP contribution in [0.5, 0.6) is 0 Å². The van der Waals surface area contributed by atoms with E-state index in [4.69, 9.17) is 0 Å². The van der Waals surface area contributed by atoms with E-state index in [0.717, 1.165) is 6.42 Å². The Morgan fingerprint density at radius 3 is 2.32 bits per heavy atom. The molecule has 0 saturated carbocycles. The molecule has 1 atom stereocenters. The summed E-state index contributed by atoms with van der Waals surface area (Å²) in [6.45, 7) is 3.93. The Kier molecular flexibility index (Phi) is 6.94. The second-order valence-corrected chi connectivity index (χ2v) is 7.78. The molecule has 1 aromatic carbocycles. The molecule has 1 unspecified atom stereocenters. The van der Waals surface area contributed by atoms with Crippen molar-refractivity contribution >= 4 is 22.5 Å². The Hall–Kier alpha value is -0.480. The molecule has 19 heavy (non-hydrogen) atoms. The zero-order chi connectivity index (χ0) is 14.3. The van der Waals surface area contributed by atoms with E-state index in [-0.39, 0.29) is 5.25 Å². The van der Waals surface area contributed by atoms with Crippen LogP contribution in [-0.2, 0) is 16.3 Å². The van der Waals surface area contributed by atoms with Gasteiger partial charge in [0.1, 0.15) is 0 Å². The molecule has 108 valence electrons. The number of rotatable bonds is 8. The van der Waals surface area contributed by atoms with Gasteiger partial charge in [0, 0.05) is 0 Å². The van der Waals surface area contributed by atoms with E-state index < -0.39 is 9.84 Å². The van der Waals surface area contributed by atoms with Gasteiger partial charge >= 0.3 is 0 Å². The molecule has 0 radical (unpaired) electrons. The van der Waals surface area contributed by atoms with E-state index in [2.05, 4.69) is 19.6 Å². The van der Waals surface area contributed by atoms with Crippen molar-refractivity contribution in [2.24, 2.45) is 0 Å². The first-order chi connectivity index (χ1) is 9.02. The Morgan fingerprint density at radius 1 is 1.16 bits per heavy atom. The van der Waals surface area contributed by atoms with Crippen molar-refractivity contribution < 1.29 is 8.42 Å². The summed E-state index contributed by atoms with van der Waals surface area (Å²) in [6, 6.07) is 7.36. The molecule has 0 fully saturated rings. The smallest absolute Gasteiger partial charge is 0.180 e. The van der Waals surface area contributed by atoms with Crippen LogP contribution in [0.3, 0.4) is 0 Å². The molecule has 0 saturated heterocycles.